The van der Waals surface area contributed by atoms with Crippen molar-refractivity contribution in [3.63, 3.8) is 0 Å². The number of rotatable bonds is 3. The summed E-state index contributed by atoms with van der Waals surface area (Å²) in [7, 11) is 1.92. The van der Waals surface area contributed by atoms with E-state index >= 15 is 0 Å². The lowest BCUT2D eigenvalue weighted by molar-refractivity contribution is 0.290. The van der Waals surface area contributed by atoms with E-state index < -0.39 is 0 Å². The summed E-state index contributed by atoms with van der Waals surface area (Å²) in [6, 6.07) is 3.47. The van der Waals surface area contributed by atoms with Gasteiger partial charge in [0.05, 0.1) is 6.20 Å². The van der Waals surface area contributed by atoms with Crippen LogP contribution in [0.5, 0.6) is 5.75 Å². The lowest BCUT2D eigenvalue weighted by Crippen LogP contribution is -2.02. The molecule has 0 saturated carbocycles. The third-order valence-corrected chi connectivity index (χ3v) is 2.21. The van der Waals surface area contributed by atoms with E-state index in [0.29, 0.717) is 17.5 Å². The molecule has 0 radical (unpaired) electrons. The Morgan fingerprint density at radius 1 is 1.40 bits per heavy atom. The molecule has 0 bridgehead atoms. The van der Waals surface area contributed by atoms with Gasteiger partial charge < -0.3 is 9.30 Å². The van der Waals surface area contributed by atoms with Crippen LogP contribution in [0.3, 0.4) is 0 Å². The van der Waals surface area contributed by atoms with Crippen molar-refractivity contribution in [2.24, 2.45) is 7.05 Å². The van der Waals surface area contributed by atoms with Crippen LogP contribution in [0.4, 0.5) is 0 Å². The molecule has 5 heteroatoms. The van der Waals surface area contributed by atoms with Crippen LogP contribution in [0, 0.1) is 0 Å². The smallest absolute Gasteiger partial charge is 0.146 e. The van der Waals surface area contributed by atoms with Crippen LogP contribution >= 0.6 is 11.6 Å². The first kappa shape index (κ1) is 9.98. The molecule has 78 valence electrons. The molecular weight excluding hydrogens is 214 g/mol. The zero-order valence-electron chi connectivity index (χ0n) is 8.22. The average molecular weight is 224 g/mol. The van der Waals surface area contributed by atoms with Gasteiger partial charge in [-0.2, -0.15) is 0 Å². The van der Waals surface area contributed by atoms with Gasteiger partial charge >= 0.3 is 0 Å². The topological polar surface area (TPSA) is 39.9 Å². The molecule has 15 heavy (non-hydrogen) atoms. The van der Waals surface area contributed by atoms with Crippen LogP contribution in [0.1, 0.15) is 5.82 Å². The predicted molar refractivity (Wildman–Crippen MR) is 56.8 cm³/mol. The molecule has 0 saturated heterocycles. The summed E-state index contributed by atoms with van der Waals surface area (Å²) in [6.45, 7) is 0.423. The number of halogens is 1. The molecule has 2 aromatic heterocycles. The van der Waals surface area contributed by atoms with Crippen LogP contribution in [-0.4, -0.2) is 14.5 Å². The van der Waals surface area contributed by atoms with Crippen LogP contribution in [-0.2, 0) is 13.7 Å². The third-order valence-electron chi connectivity index (χ3n) is 1.99. The highest BCUT2D eigenvalue weighted by Gasteiger charge is 2.00. The molecule has 0 aromatic carbocycles. The Bertz CT molecular complexity index is 438. The highest BCUT2D eigenvalue weighted by atomic mass is 35.5. The standard InChI is InChI=1S/C10H10ClN3O/c1-14-5-4-12-10(14)7-15-8-2-3-9(11)13-6-8/h2-6H,7H2,1H3. The summed E-state index contributed by atoms with van der Waals surface area (Å²) in [6.07, 6.45) is 5.20. The second-order valence-electron chi connectivity index (χ2n) is 3.06. The SMILES string of the molecule is Cn1ccnc1COc1ccc(Cl)nc1. The van der Waals surface area contributed by atoms with Crippen molar-refractivity contribution in [1.82, 2.24) is 14.5 Å². The molecule has 0 aliphatic rings. The van der Waals surface area contributed by atoms with Crippen molar-refractivity contribution in [3.8, 4) is 5.75 Å². The van der Waals surface area contributed by atoms with Crippen molar-refractivity contribution >= 4 is 11.6 Å². The summed E-state index contributed by atoms with van der Waals surface area (Å²) in [5.41, 5.74) is 0. The van der Waals surface area contributed by atoms with Crippen LogP contribution < -0.4 is 4.74 Å². The largest absolute Gasteiger partial charge is 0.484 e. The minimum absolute atomic E-state index is 0.423. The normalized spacial score (nSPS) is 10.3. The molecule has 0 N–H and O–H groups in total. The van der Waals surface area contributed by atoms with Gasteiger partial charge in [-0.05, 0) is 12.1 Å². The van der Waals surface area contributed by atoms with E-state index in [1.807, 2.05) is 17.8 Å². The summed E-state index contributed by atoms with van der Waals surface area (Å²) in [5, 5.41) is 0.458. The van der Waals surface area contributed by atoms with Gasteiger partial charge in [-0.25, -0.2) is 9.97 Å². The maximum absolute atomic E-state index is 5.65. The molecule has 0 unspecified atom stereocenters. The van der Waals surface area contributed by atoms with E-state index in [1.165, 1.54) is 0 Å². The third kappa shape index (κ3) is 2.47. The summed E-state index contributed by atoms with van der Waals surface area (Å²) in [5.74, 6) is 1.55. The number of aryl methyl sites for hydroxylation is 1. The van der Waals surface area contributed by atoms with E-state index in [-0.39, 0.29) is 0 Å². The van der Waals surface area contributed by atoms with Crippen LogP contribution in [0.2, 0.25) is 5.15 Å². The second-order valence-corrected chi connectivity index (χ2v) is 3.45. The Morgan fingerprint density at radius 3 is 2.87 bits per heavy atom. The number of hydrogen-bond acceptors (Lipinski definition) is 3. The number of hydrogen-bond donors (Lipinski definition) is 0. The highest BCUT2D eigenvalue weighted by Crippen LogP contribution is 2.13. The molecule has 2 rings (SSSR count). The lowest BCUT2D eigenvalue weighted by Gasteiger charge is -2.05. The zero-order valence-corrected chi connectivity index (χ0v) is 8.98. The molecule has 4 nitrogen and oxygen atoms in total. The van der Waals surface area contributed by atoms with Crippen molar-refractivity contribution in [2.45, 2.75) is 6.61 Å². The van der Waals surface area contributed by atoms with E-state index in [1.54, 1.807) is 24.5 Å². The minimum atomic E-state index is 0.423. The maximum Gasteiger partial charge on any atom is 0.146 e. The molecule has 0 aliphatic heterocycles. The Kier molecular flexibility index (Phi) is 2.87. The highest BCUT2D eigenvalue weighted by molar-refractivity contribution is 6.29. The van der Waals surface area contributed by atoms with Gasteiger partial charge in [0.1, 0.15) is 23.3 Å². The fourth-order valence-electron chi connectivity index (χ4n) is 1.13. The molecule has 2 aromatic rings. The van der Waals surface area contributed by atoms with Gasteiger partial charge in [0, 0.05) is 19.4 Å². The number of nitrogens with zero attached hydrogens (tertiary/aromatic N) is 3. The zero-order chi connectivity index (χ0) is 10.7. The first-order chi connectivity index (χ1) is 7.25. The Hall–Kier alpha value is -1.55. The van der Waals surface area contributed by atoms with Gasteiger partial charge in [-0.1, -0.05) is 11.6 Å². The van der Waals surface area contributed by atoms with Crippen molar-refractivity contribution in [3.05, 3.63) is 41.7 Å². The van der Waals surface area contributed by atoms with E-state index in [9.17, 15) is 0 Å². The monoisotopic (exact) mass is 223 g/mol. The number of ether oxygens (including phenoxy) is 1. The van der Waals surface area contributed by atoms with Gasteiger partial charge in [0.2, 0.25) is 0 Å². The molecule has 0 aliphatic carbocycles. The first-order valence-electron chi connectivity index (χ1n) is 4.46. The fraction of sp³-hybridized carbons (Fsp3) is 0.200. The maximum atomic E-state index is 5.65. The summed E-state index contributed by atoms with van der Waals surface area (Å²) < 4.78 is 7.39. The summed E-state index contributed by atoms with van der Waals surface area (Å²) >= 11 is 5.65. The molecule has 0 amide bonds. The van der Waals surface area contributed by atoms with E-state index in [0.717, 1.165) is 5.82 Å². The van der Waals surface area contributed by atoms with Gasteiger partial charge in [-0.3, -0.25) is 0 Å². The number of aromatic nitrogens is 3. The Morgan fingerprint density at radius 2 is 2.27 bits per heavy atom. The van der Waals surface area contributed by atoms with Gasteiger partial charge in [0.25, 0.3) is 0 Å². The molecule has 0 spiro atoms. The summed E-state index contributed by atoms with van der Waals surface area (Å²) in [4.78, 5) is 8.05. The van der Waals surface area contributed by atoms with E-state index in [4.69, 9.17) is 16.3 Å². The first-order valence-corrected chi connectivity index (χ1v) is 4.84. The fourth-order valence-corrected chi connectivity index (χ4v) is 1.24. The van der Waals surface area contributed by atoms with Crippen molar-refractivity contribution in [2.75, 3.05) is 0 Å². The lowest BCUT2D eigenvalue weighted by atomic mass is 10.4. The quantitative estimate of drug-likeness (QED) is 0.748. The minimum Gasteiger partial charge on any atom is -0.484 e. The van der Waals surface area contributed by atoms with Crippen LogP contribution in [0.25, 0.3) is 0 Å². The van der Waals surface area contributed by atoms with Crippen molar-refractivity contribution in [1.29, 1.82) is 0 Å². The average Bonchev–Trinajstić information content (AvgIpc) is 2.63. The Balaban J connectivity index is 1.99. The van der Waals surface area contributed by atoms with E-state index in [2.05, 4.69) is 9.97 Å². The van der Waals surface area contributed by atoms with Crippen LogP contribution in [0.15, 0.2) is 30.7 Å². The van der Waals surface area contributed by atoms with Crippen molar-refractivity contribution < 1.29 is 4.74 Å². The van der Waals surface area contributed by atoms with Gasteiger partial charge in [-0.15, -0.1) is 0 Å². The van der Waals surface area contributed by atoms with Gasteiger partial charge in [0.15, 0.2) is 0 Å². The number of imidazole rings is 1. The predicted octanol–water partition coefficient (Wildman–Crippen LogP) is 2.05. The molecular formula is C10H10ClN3O. The molecule has 0 atom stereocenters. The molecule has 0 fully saturated rings. The Labute approximate surface area is 92.5 Å². The second kappa shape index (κ2) is 4.31. The molecule has 2 heterocycles. The number of pyridine rings is 1.